The van der Waals surface area contributed by atoms with E-state index in [0.29, 0.717) is 11.5 Å². The van der Waals surface area contributed by atoms with E-state index in [2.05, 4.69) is 25.9 Å². The van der Waals surface area contributed by atoms with E-state index in [4.69, 9.17) is 4.98 Å². The second-order valence-electron chi connectivity index (χ2n) is 6.66. The number of aromatic nitrogens is 4. The largest absolute Gasteiger partial charge is 0.325 e. The lowest BCUT2D eigenvalue weighted by Gasteiger charge is -2.21. The summed E-state index contributed by atoms with van der Waals surface area (Å²) in [6, 6.07) is 11.0. The second-order valence-corrected chi connectivity index (χ2v) is 6.66. The van der Waals surface area contributed by atoms with Crippen molar-refractivity contribution in [1.82, 2.24) is 19.9 Å². The highest BCUT2D eigenvalue weighted by Crippen LogP contribution is 2.38. The van der Waals surface area contributed by atoms with Gasteiger partial charge in [-0.15, -0.1) is 0 Å². The molecule has 1 aliphatic rings. The highest BCUT2D eigenvalue weighted by molar-refractivity contribution is 5.94. The molecule has 6 heteroatoms. The quantitative estimate of drug-likeness (QED) is 0.537. The number of benzene rings is 2. The van der Waals surface area contributed by atoms with Crippen LogP contribution in [0.25, 0.3) is 22.4 Å². The van der Waals surface area contributed by atoms with E-state index in [9.17, 15) is 4.39 Å². The Morgan fingerprint density at radius 1 is 1.04 bits per heavy atom. The second kappa shape index (κ2) is 6.09. The fourth-order valence-corrected chi connectivity index (χ4v) is 3.55. The molecule has 4 aromatic rings. The van der Waals surface area contributed by atoms with Crippen LogP contribution in [0.1, 0.15) is 11.1 Å². The number of nitrogens with zero attached hydrogens (tertiary/aromatic N) is 5. The minimum Gasteiger partial charge on any atom is -0.325 e. The van der Waals surface area contributed by atoms with Gasteiger partial charge in [0, 0.05) is 30.0 Å². The predicted octanol–water partition coefficient (Wildman–Crippen LogP) is 4.23. The summed E-state index contributed by atoms with van der Waals surface area (Å²) in [6.07, 6.45) is 5.70. The Bertz CT molecular complexity index is 1160. The van der Waals surface area contributed by atoms with Crippen molar-refractivity contribution < 1.29 is 4.39 Å². The van der Waals surface area contributed by atoms with E-state index in [1.165, 1.54) is 6.07 Å². The van der Waals surface area contributed by atoms with E-state index < -0.39 is 0 Å². The molecule has 0 saturated heterocycles. The summed E-state index contributed by atoms with van der Waals surface area (Å²) < 4.78 is 13.6. The van der Waals surface area contributed by atoms with Crippen molar-refractivity contribution in [3.05, 3.63) is 71.9 Å². The summed E-state index contributed by atoms with van der Waals surface area (Å²) >= 11 is 0. The van der Waals surface area contributed by atoms with Crippen LogP contribution in [0.15, 0.2) is 55.0 Å². The normalized spacial score (nSPS) is 13.2. The average Bonchev–Trinajstić information content (AvgIpc) is 3.10. The number of hydrogen-bond donors (Lipinski definition) is 0. The first-order valence-corrected chi connectivity index (χ1v) is 8.80. The van der Waals surface area contributed by atoms with Crippen LogP contribution in [-0.4, -0.2) is 26.5 Å². The maximum atomic E-state index is 13.6. The van der Waals surface area contributed by atoms with Crippen molar-refractivity contribution in [2.24, 2.45) is 0 Å². The van der Waals surface area contributed by atoms with Gasteiger partial charge in [-0.1, -0.05) is 11.6 Å². The first-order chi connectivity index (χ1) is 13.2. The number of halogens is 1. The fraction of sp³-hybridized carbons (Fsp3) is 0.143. The van der Waals surface area contributed by atoms with E-state index >= 15 is 0 Å². The summed E-state index contributed by atoms with van der Waals surface area (Å²) in [5.74, 6) is 1.14. The lowest BCUT2D eigenvalue weighted by Crippen LogP contribution is -2.16. The Morgan fingerprint density at radius 2 is 1.96 bits per heavy atom. The van der Waals surface area contributed by atoms with Gasteiger partial charge in [0.2, 0.25) is 0 Å². The Kier molecular flexibility index (Phi) is 3.57. The summed E-state index contributed by atoms with van der Waals surface area (Å²) in [7, 11) is 0. The van der Waals surface area contributed by atoms with Crippen molar-refractivity contribution in [1.29, 1.82) is 0 Å². The molecule has 0 unspecified atom stereocenters. The summed E-state index contributed by atoms with van der Waals surface area (Å²) in [4.78, 5) is 20.1. The molecule has 0 spiro atoms. The summed E-state index contributed by atoms with van der Waals surface area (Å²) in [5, 5.41) is 0.972. The highest BCUT2D eigenvalue weighted by Gasteiger charge is 2.24. The third-order valence-corrected chi connectivity index (χ3v) is 4.82. The van der Waals surface area contributed by atoms with Crippen molar-refractivity contribution in [2.45, 2.75) is 13.3 Å². The predicted molar refractivity (Wildman–Crippen MR) is 102 cm³/mol. The van der Waals surface area contributed by atoms with Gasteiger partial charge in [0.1, 0.15) is 17.3 Å². The van der Waals surface area contributed by atoms with Gasteiger partial charge in [0.05, 0.1) is 11.7 Å². The molecule has 27 heavy (non-hydrogen) atoms. The molecule has 0 bridgehead atoms. The van der Waals surface area contributed by atoms with E-state index in [1.807, 2.05) is 25.1 Å². The molecule has 5 nitrogen and oxygen atoms in total. The van der Waals surface area contributed by atoms with Crippen LogP contribution in [0.3, 0.4) is 0 Å². The van der Waals surface area contributed by atoms with Crippen molar-refractivity contribution in [2.75, 3.05) is 11.4 Å². The molecule has 5 rings (SSSR count). The number of hydrogen-bond acceptors (Lipinski definition) is 5. The molecule has 1 aliphatic heterocycles. The molecule has 0 amide bonds. The van der Waals surface area contributed by atoms with Gasteiger partial charge in [-0.25, -0.2) is 19.3 Å². The average molecular weight is 357 g/mol. The standard InChI is InChI=1S/C21H16FN5/c1-13-2-4-17-16(10-13)21(26-20(25-17)18-12-23-7-8-24-18)27-9-6-14-11-15(22)3-5-19(14)27/h2-5,7-8,10-12H,6,9H2,1H3. The smallest absolute Gasteiger partial charge is 0.182 e. The van der Waals surface area contributed by atoms with Gasteiger partial charge < -0.3 is 4.90 Å². The minimum absolute atomic E-state index is 0.209. The van der Waals surface area contributed by atoms with Crippen LogP contribution in [0, 0.1) is 12.7 Å². The Morgan fingerprint density at radius 3 is 2.81 bits per heavy atom. The van der Waals surface area contributed by atoms with E-state index in [1.54, 1.807) is 24.7 Å². The Balaban J connectivity index is 1.75. The van der Waals surface area contributed by atoms with Crippen molar-refractivity contribution >= 4 is 22.4 Å². The molecule has 0 fully saturated rings. The zero-order valence-corrected chi connectivity index (χ0v) is 14.7. The third kappa shape index (κ3) is 2.70. The van der Waals surface area contributed by atoms with Gasteiger partial charge in [-0.05, 0) is 49.2 Å². The third-order valence-electron chi connectivity index (χ3n) is 4.82. The summed E-state index contributed by atoms with van der Waals surface area (Å²) in [6.45, 7) is 2.80. The molecule has 132 valence electrons. The number of aryl methyl sites for hydroxylation is 1. The van der Waals surface area contributed by atoms with E-state index in [0.717, 1.165) is 46.5 Å². The summed E-state index contributed by atoms with van der Waals surface area (Å²) in [5.41, 5.74) is 4.60. The fourth-order valence-electron chi connectivity index (χ4n) is 3.55. The van der Waals surface area contributed by atoms with Crippen molar-refractivity contribution in [3.8, 4) is 11.5 Å². The number of anilines is 2. The van der Waals surface area contributed by atoms with Gasteiger partial charge in [0.15, 0.2) is 5.82 Å². The van der Waals surface area contributed by atoms with Gasteiger partial charge >= 0.3 is 0 Å². The first kappa shape index (κ1) is 15.8. The van der Waals surface area contributed by atoms with Crippen LogP contribution in [0.2, 0.25) is 0 Å². The molecule has 3 heterocycles. The zero-order valence-electron chi connectivity index (χ0n) is 14.7. The molecule has 0 N–H and O–H groups in total. The molecule has 0 atom stereocenters. The van der Waals surface area contributed by atoms with Crippen LogP contribution in [0.4, 0.5) is 15.9 Å². The number of fused-ring (bicyclic) bond motifs is 2. The maximum absolute atomic E-state index is 13.6. The van der Waals surface area contributed by atoms with Gasteiger partial charge in [-0.3, -0.25) is 4.98 Å². The topological polar surface area (TPSA) is 54.8 Å². The zero-order chi connectivity index (χ0) is 18.4. The monoisotopic (exact) mass is 357 g/mol. The number of rotatable bonds is 2. The molecule has 0 radical (unpaired) electrons. The molecule has 0 aliphatic carbocycles. The minimum atomic E-state index is -0.209. The highest BCUT2D eigenvalue weighted by atomic mass is 19.1. The van der Waals surface area contributed by atoms with Crippen LogP contribution in [0.5, 0.6) is 0 Å². The SMILES string of the molecule is Cc1ccc2nc(-c3cnccn3)nc(N3CCc4cc(F)ccc43)c2c1. The van der Waals surface area contributed by atoms with Crippen LogP contribution >= 0.6 is 0 Å². The maximum Gasteiger partial charge on any atom is 0.182 e. The van der Waals surface area contributed by atoms with Crippen molar-refractivity contribution in [3.63, 3.8) is 0 Å². The van der Waals surface area contributed by atoms with E-state index in [-0.39, 0.29) is 5.82 Å². The molecular weight excluding hydrogens is 341 g/mol. The Hall–Kier alpha value is -3.41. The van der Waals surface area contributed by atoms with Gasteiger partial charge in [0.25, 0.3) is 0 Å². The molecular formula is C21H16FN5. The Labute approximate surface area is 155 Å². The lowest BCUT2D eigenvalue weighted by atomic mass is 10.1. The molecule has 2 aromatic heterocycles. The lowest BCUT2D eigenvalue weighted by molar-refractivity contribution is 0.626. The van der Waals surface area contributed by atoms with Crippen LogP contribution in [-0.2, 0) is 6.42 Å². The first-order valence-electron chi connectivity index (χ1n) is 8.80. The molecule has 0 saturated carbocycles. The van der Waals surface area contributed by atoms with Crippen LogP contribution < -0.4 is 4.90 Å². The van der Waals surface area contributed by atoms with Gasteiger partial charge in [-0.2, -0.15) is 0 Å². The molecule has 2 aromatic carbocycles.